The summed E-state index contributed by atoms with van der Waals surface area (Å²) in [6, 6.07) is 6.55. The van der Waals surface area contributed by atoms with Gasteiger partial charge in [-0.05, 0) is 18.2 Å². The molecule has 2 N–H and O–H groups in total. The van der Waals surface area contributed by atoms with Crippen molar-refractivity contribution in [3.05, 3.63) is 23.8 Å². The lowest BCUT2D eigenvalue weighted by molar-refractivity contribution is 0.210. The largest absolute Gasteiger partial charge is 0.465 e. The van der Waals surface area contributed by atoms with E-state index in [0.29, 0.717) is 16.9 Å². The molecule has 17 heavy (non-hydrogen) atoms. The number of benzene rings is 1. The van der Waals surface area contributed by atoms with E-state index in [-0.39, 0.29) is 0 Å². The van der Waals surface area contributed by atoms with Gasteiger partial charge in [-0.15, -0.1) is 0 Å². The molecule has 0 aliphatic rings. The Bertz CT molecular complexity index is 489. The molecule has 88 valence electrons. The first-order valence-electron chi connectivity index (χ1n) is 4.77. The van der Waals surface area contributed by atoms with Crippen LogP contribution in [0.2, 0.25) is 0 Å². The van der Waals surface area contributed by atoms with Gasteiger partial charge in [-0.25, -0.2) is 9.79 Å². The molecule has 0 fully saturated rings. The number of hydrogen-bond donors (Lipinski definition) is 2. The van der Waals surface area contributed by atoms with Gasteiger partial charge in [-0.3, -0.25) is 5.32 Å². The second kappa shape index (κ2) is 5.51. The van der Waals surface area contributed by atoms with E-state index in [1.54, 1.807) is 23.4 Å². The lowest BCUT2D eigenvalue weighted by atomic mass is 10.2. The van der Waals surface area contributed by atoms with Crippen molar-refractivity contribution >= 4 is 23.8 Å². The summed E-state index contributed by atoms with van der Waals surface area (Å²) in [4.78, 5) is 16.3. The van der Waals surface area contributed by atoms with Crippen molar-refractivity contribution < 1.29 is 9.90 Å². The zero-order valence-corrected chi connectivity index (χ0v) is 9.51. The van der Waals surface area contributed by atoms with Crippen LogP contribution < -0.4 is 5.32 Å². The maximum atomic E-state index is 10.4. The van der Waals surface area contributed by atoms with Crippen LogP contribution in [-0.4, -0.2) is 36.5 Å². The van der Waals surface area contributed by atoms with E-state index in [4.69, 9.17) is 10.4 Å². The molecule has 0 atom stereocenters. The van der Waals surface area contributed by atoms with Gasteiger partial charge in [0.25, 0.3) is 0 Å². The number of nitrogens with one attached hydrogen (secondary N) is 1. The number of anilines is 1. The summed E-state index contributed by atoms with van der Waals surface area (Å²) in [6.07, 6.45) is 0.402. The van der Waals surface area contributed by atoms with Crippen LogP contribution in [0.1, 0.15) is 5.56 Å². The zero-order valence-electron chi connectivity index (χ0n) is 9.51. The maximum Gasteiger partial charge on any atom is 0.409 e. The van der Waals surface area contributed by atoms with Crippen LogP contribution >= 0.6 is 0 Å². The molecule has 0 aliphatic heterocycles. The first-order valence-corrected chi connectivity index (χ1v) is 4.77. The highest BCUT2D eigenvalue weighted by Crippen LogP contribution is 2.22. The van der Waals surface area contributed by atoms with Crippen LogP contribution in [0.15, 0.2) is 23.2 Å². The quantitative estimate of drug-likeness (QED) is 0.615. The molecule has 1 amide bonds. The molecule has 6 nitrogen and oxygen atoms in total. The second-order valence-electron chi connectivity index (χ2n) is 3.48. The summed E-state index contributed by atoms with van der Waals surface area (Å²) in [6.45, 7) is 0. The smallest absolute Gasteiger partial charge is 0.409 e. The molecule has 0 saturated carbocycles. The van der Waals surface area contributed by atoms with Crippen LogP contribution in [0.5, 0.6) is 0 Å². The highest BCUT2D eigenvalue weighted by Gasteiger charge is 2.04. The normalized spacial score (nSPS) is 9.94. The van der Waals surface area contributed by atoms with Gasteiger partial charge in [0, 0.05) is 19.8 Å². The van der Waals surface area contributed by atoms with Crippen LogP contribution in [0.25, 0.3) is 0 Å². The third-order valence-corrected chi connectivity index (χ3v) is 1.80. The van der Waals surface area contributed by atoms with Crippen molar-refractivity contribution in [3.8, 4) is 6.07 Å². The average Bonchev–Trinajstić information content (AvgIpc) is 2.26. The van der Waals surface area contributed by atoms with E-state index < -0.39 is 6.09 Å². The SMILES string of the molecule is CN(C)C=Nc1ccc(NC(=O)O)cc1C#N. The summed E-state index contributed by atoms with van der Waals surface area (Å²) >= 11 is 0. The summed E-state index contributed by atoms with van der Waals surface area (Å²) in [5, 5.41) is 19.7. The van der Waals surface area contributed by atoms with Gasteiger partial charge in [-0.1, -0.05) is 0 Å². The molecule has 0 aromatic heterocycles. The Morgan fingerprint density at radius 2 is 2.29 bits per heavy atom. The molecule has 6 heteroatoms. The van der Waals surface area contributed by atoms with Crippen molar-refractivity contribution in [3.63, 3.8) is 0 Å². The molecule has 0 saturated heterocycles. The highest BCUT2D eigenvalue weighted by molar-refractivity contribution is 5.84. The minimum Gasteiger partial charge on any atom is -0.465 e. The Morgan fingerprint density at radius 3 is 2.82 bits per heavy atom. The number of rotatable bonds is 3. The van der Waals surface area contributed by atoms with E-state index in [0.717, 1.165) is 0 Å². The van der Waals surface area contributed by atoms with Crippen LogP contribution in [0.3, 0.4) is 0 Å². The summed E-state index contributed by atoms with van der Waals surface area (Å²) in [5.41, 5.74) is 1.16. The molecule has 0 spiro atoms. The fraction of sp³-hybridized carbons (Fsp3) is 0.182. The Hall–Kier alpha value is -2.55. The van der Waals surface area contributed by atoms with E-state index in [2.05, 4.69) is 10.3 Å². The number of carbonyl (C=O) groups is 1. The first-order chi connectivity index (χ1) is 8.02. The summed E-state index contributed by atoms with van der Waals surface area (Å²) < 4.78 is 0. The van der Waals surface area contributed by atoms with Gasteiger partial charge >= 0.3 is 6.09 Å². The Kier molecular flexibility index (Phi) is 4.06. The van der Waals surface area contributed by atoms with E-state index in [1.165, 1.54) is 6.07 Å². The van der Waals surface area contributed by atoms with Crippen LogP contribution in [0, 0.1) is 11.3 Å². The molecule has 0 radical (unpaired) electrons. The van der Waals surface area contributed by atoms with Crippen LogP contribution in [0.4, 0.5) is 16.2 Å². The van der Waals surface area contributed by atoms with Crippen molar-refractivity contribution in [1.82, 2.24) is 4.90 Å². The lowest BCUT2D eigenvalue weighted by Gasteiger charge is -2.05. The molecule has 0 unspecified atom stereocenters. The molecule has 1 aromatic carbocycles. The van der Waals surface area contributed by atoms with Crippen molar-refractivity contribution in [1.29, 1.82) is 5.26 Å². The van der Waals surface area contributed by atoms with Crippen molar-refractivity contribution in [2.75, 3.05) is 19.4 Å². The minimum atomic E-state index is -1.17. The lowest BCUT2D eigenvalue weighted by Crippen LogP contribution is -2.08. The van der Waals surface area contributed by atoms with Crippen molar-refractivity contribution in [2.45, 2.75) is 0 Å². The van der Waals surface area contributed by atoms with Gasteiger partial charge in [0.1, 0.15) is 6.07 Å². The van der Waals surface area contributed by atoms with Gasteiger partial charge in [0.05, 0.1) is 17.6 Å². The maximum absolute atomic E-state index is 10.4. The molecule has 0 aliphatic carbocycles. The number of nitrogens with zero attached hydrogens (tertiary/aromatic N) is 3. The van der Waals surface area contributed by atoms with Crippen molar-refractivity contribution in [2.24, 2.45) is 4.99 Å². The fourth-order valence-electron chi connectivity index (χ4n) is 1.12. The number of nitriles is 1. The minimum absolute atomic E-state index is 0.314. The first kappa shape index (κ1) is 12.5. The molecule has 1 aromatic rings. The third kappa shape index (κ3) is 3.83. The Balaban J connectivity index is 3.02. The topological polar surface area (TPSA) is 88.7 Å². The summed E-state index contributed by atoms with van der Waals surface area (Å²) in [5.74, 6) is 0. The van der Waals surface area contributed by atoms with Gasteiger partial charge < -0.3 is 10.0 Å². The molecular formula is C11H12N4O2. The number of amides is 1. The fourth-order valence-corrected chi connectivity index (χ4v) is 1.12. The van der Waals surface area contributed by atoms with Gasteiger partial charge in [0.2, 0.25) is 0 Å². The predicted octanol–water partition coefficient (Wildman–Crippen LogP) is 1.87. The monoisotopic (exact) mass is 232 g/mol. The summed E-state index contributed by atoms with van der Waals surface area (Å²) in [7, 11) is 3.63. The third-order valence-electron chi connectivity index (χ3n) is 1.80. The predicted molar refractivity (Wildman–Crippen MR) is 64.6 cm³/mol. The van der Waals surface area contributed by atoms with Gasteiger partial charge in [-0.2, -0.15) is 5.26 Å². The molecule has 0 heterocycles. The van der Waals surface area contributed by atoms with E-state index in [9.17, 15) is 4.79 Å². The highest BCUT2D eigenvalue weighted by atomic mass is 16.4. The van der Waals surface area contributed by atoms with Crippen LogP contribution in [-0.2, 0) is 0 Å². The number of hydrogen-bond acceptors (Lipinski definition) is 3. The average molecular weight is 232 g/mol. The second-order valence-corrected chi connectivity index (χ2v) is 3.48. The molecular weight excluding hydrogens is 220 g/mol. The standard InChI is InChI=1S/C11H12N4O2/c1-15(2)7-13-10-4-3-9(14-11(16)17)5-8(10)6-12/h3-5,7,14H,1-2H3,(H,16,17). The van der Waals surface area contributed by atoms with Gasteiger partial charge in [0.15, 0.2) is 0 Å². The number of aliphatic imine (C=N–C) groups is 1. The van der Waals surface area contributed by atoms with E-state index >= 15 is 0 Å². The van der Waals surface area contributed by atoms with E-state index in [1.807, 2.05) is 20.2 Å². The Labute approximate surface area is 98.8 Å². The Morgan fingerprint density at radius 1 is 1.59 bits per heavy atom. The zero-order chi connectivity index (χ0) is 12.8. The molecule has 1 rings (SSSR count). The molecule has 0 bridgehead atoms. The number of carboxylic acid groups (broad SMARTS) is 1.